The van der Waals surface area contributed by atoms with Gasteiger partial charge in [0, 0.05) is 23.7 Å². The van der Waals surface area contributed by atoms with Gasteiger partial charge in [0.2, 0.25) is 0 Å². The lowest BCUT2D eigenvalue weighted by Crippen LogP contribution is -2.21. The molecule has 0 saturated heterocycles. The second kappa shape index (κ2) is 9.77. The Hall–Kier alpha value is -2.85. The lowest BCUT2D eigenvalue weighted by molar-refractivity contribution is 0.174. The van der Waals surface area contributed by atoms with Crippen molar-refractivity contribution in [1.29, 1.82) is 0 Å². The lowest BCUT2D eigenvalue weighted by Gasteiger charge is -2.17. The fourth-order valence-corrected chi connectivity index (χ4v) is 3.76. The van der Waals surface area contributed by atoms with Crippen LogP contribution in [0.2, 0.25) is 5.02 Å². The molecule has 1 atom stereocenters. The highest BCUT2D eigenvalue weighted by molar-refractivity contribution is 6.30. The summed E-state index contributed by atoms with van der Waals surface area (Å²) >= 11 is 6.10. The van der Waals surface area contributed by atoms with Crippen molar-refractivity contribution in [1.82, 2.24) is 5.32 Å². The Labute approximate surface area is 181 Å². The van der Waals surface area contributed by atoms with Crippen LogP contribution in [-0.4, -0.2) is 11.7 Å². The van der Waals surface area contributed by atoms with E-state index in [1.807, 2.05) is 72.8 Å². The Morgan fingerprint density at radius 3 is 2.50 bits per heavy atom. The Kier molecular flexibility index (Phi) is 6.65. The van der Waals surface area contributed by atoms with Crippen LogP contribution in [0.25, 0.3) is 10.8 Å². The summed E-state index contributed by atoms with van der Waals surface area (Å²) in [6.07, 6.45) is -0.558. The molecule has 0 aromatic heterocycles. The third kappa shape index (κ3) is 5.00. The van der Waals surface area contributed by atoms with Crippen molar-refractivity contribution in [3.63, 3.8) is 0 Å². The number of halogens is 1. The minimum atomic E-state index is -0.558. The number of fused-ring (bicyclic) bond motifs is 1. The Morgan fingerprint density at radius 1 is 0.867 bits per heavy atom. The molecule has 0 bridgehead atoms. The molecule has 4 aromatic rings. The van der Waals surface area contributed by atoms with Crippen LogP contribution in [0.15, 0.2) is 91.0 Å². The highest BCUT2D eigenvalue weighted by Crippen LogP contribution is 2.29. The second-order valence-corrected chi connectivity index (χ2v) is 7.68. The summed E-state index contributed by atoms with van der Waals surface area (Å²) in [7, 11) is 0. The lowest BCUT2D eigenvalue weighted by atomic mass is 10.0. The average molecular weight is 418 g/mol. The van der Waals surface area contributed by atoms with Gasteiger partial charge < -0.3 is 15.2 Å². The maximum atomic E-state index is 10.5. The van der Waals surface area contributed by atoms with Gasteiger partial charge >= 0.3 is 0 Å². The first-order valence-electron chi connectivity index (χ1n) is 10.0. The minimum absolute atomic E-state index is 0.443. The molecular formula is C26H24ClNO2. The highest BCUT2D eigenvalue weighted by Gasteiger charge is 2.11. The fourth-order valence-electron chi connectivity index (χ4n) is 3.55. The molecule has 0 saturated carbocycles. The zero-order valence-corrected chi connectivity index (χ0v) is 17.3. The molecule has 4 aromatic carbocycles. The summed E-state index contributed by atoms with van der Waals surface area (Å²) in [6.45, 7) is 1.50. The molecule has 0 heterocycles. The number of aliphatic hydroxyl groups is 1. The SMILES string of the molecule is O[C@H](CNCc1c(OCc2cccc(Cl)c2)ccc2ccccc12)c1ccccc1. The van der Waals surface area contributed by atoms with Crippen LogP contribution >= 0.6 is 11.6 Å². The van der Waals surface area contributed by atoms with Crippen molar-refractivity contribution < 1.29 is 9.84 Å². The van der Waals surface area contributed by atoms with E-state index >= 15 is 0 Å². The number of rotatable bonds is 8. The molecule has 0 fully saturated rings. The van der Waals surface area contributed by atoms with Crippen molar-refractivity contribution in [3.8, 4) is 5.75 Å². The first kappa shape index (κ1) is 20.4. The standard InChI is InChI=1S/C26H24ClNO2/c27-22-11-6-7-19(15-22)18-30-26-14-13-20-8-4-5-12-23(20)24(26)16-28-17-25(29)21-9-2-1-3-10-21/h1-15,25,28-29H,16-18H2/t25-/m1/s1. The fraction of sp³-hybridized carbons (Fsp3) is 0.154. The van der Waals surface area contributed by atoms with Gasteiger partial charge in [0.1, 0.15) is 12.4 Å². The van der Waals surface area contributed by atoms with E-state index in [0.29, 0.717) is 24.7 Å². The van der Waals surface area contributed by atoms with Crippen molar-refractivity contribution in [2.75, 3.05) is 6.54 Å². The van der Waals surface area contributed by atoms with Crippen LogP contribution in [0.3, 0.4) is 0 Å². The van der Waals surface area contributed by atoms with E-state index in [4.69, 9.17) is 16.3 Å². The molecule has 30 heavy (non-hydrogen) atoms. The average Bonchev–Trinajstić information content (AvgIpc) is 2.79. The van der Waals surface area contributed by atoms with Gasteiger partial charge in [-0.15, -0.1) is 0 Å². The van der Waals surface area contributed by atoms with Crippen LogP contribution in [0.4, 0.5) is 0 Å². The number of nitrogens with one attached hydrogen (secondary N) is 1. The predicted molar refractivity (Wildman–Crippen MR) is 123 cm³/mol. The molecule has 0 unspecified atom stereocenters. The summed E-state index contributed by atoms with van der Waals surface area (Å²) in [5.41, 5.74) is 3.00. The van der Waals surface area contributed by atoms with Crippen molar-refractivity contribution in [3.05, 3.63) is 113 Å². The van der Waals surface area contributed by atoms with Gasteiger partial charge in [-0.25, -0.2) is 0 Å². The van der Waals surface area contributed by atoms with Crippen molar-refractivity contribution in [2.45, 2.75) is 19.3 Å². The van der Waals surface area contributed by atoms with Gasteiger partial charge in [-0.05, 0) is 40.1 Å². The predicted octanol–water partition coefficient (Wildman–Crippen LogP) is 5.90. The molecule has 4 heteroatoms. The van der Waals surface area contributed by atoms with Gasteiger partial charge in [0.05, 0.1) is 6.10 Å². The monoisotopic (exact) mass is 417 g/mol. The summed E-state index contributed by atoms with van der Waals surface area (Å²) in [5.74, 6) is 0.829. The highest BCUT2D eigenvalue weighted by atomic mass is 35.5. The zero-order chi connectivity index (χ0) is 20.8. The molecule has 2 N–H and O–H groups in total. The first-order chi connectivity index (χ1) is 14.7. The van der Waals surface area contributed by atoms with Crippen molar-refractivity contribution >= 4 is 22.4 Å². The minimum Gasteiger partial charge on any atom is -0.489 e. The summed E-state index contributed by atoms with van der Waals surface area (Å²) < 4.78 is 6.17. The first-order valence-corrected chi connectivity index (χ1v) is 10.4. The number of aliphatic hydroxyl groups excluding tert-OH is 1. The number of hydrogen-bond acceptors (Lipinski definition) is 3. The molecule has 152 valence electrons. The molecule has 0 amide bonds. The molecule has 0 aliphatic rings. The normalized spacial score (nSPS) is 12.1. The molecule has 0 spiro atoms. The Morgan fingerprint density at radius 2 is 1.67 bits per heavy atom. The third-order valence-electron chi connectivity index (χ3n) is 5.10. The number of ether oxygens (including phenoxy) is 1. The summed E-state index contributed by atoms with van der Waals surface area (Å²) in [6, 6.07) is 29.7. The molecule has 0 aliphatic carbocycles. The summed E-state index contributed by atoms with van der Waals surface area (Å²) in [5, 5.41) is 16.8. The van der Waals surface area contributed by atoms with Gasteiger partial charge in [-0.1, -0.05) is 84.4 Å². The van der Waals surface area contributed by atoms with Gasteiger partial charge in [0.15, 0.2) is 0 Å². The largest absolute Gasteiger partial charge is 0.489 e. The molecule has 0 radical (unpaired) electrons. The van der Waals surface area contributed by atoms with E-state index in [0.717, 1.165) is 33.2 Å². The summed E-state index contributed by atoms with van der Waals surface area (Å²) in [4.78, 5) is 0. The van der Waals surface area contributed by atoms with E-state index in [2.05, 4.69) is 23.5 Å². The third-order valence-corrected chi connectivity index (χ3v) is 5.34. The van der Waals surface area contributed by atoms with Crippen molar-refractivity contribution in [2.24, 2.45) is 0 Å². The maximum absolute atomic E-state index is 10.5. The quantitative estimate of drug-likeness (QED) is 0.375. The molecular weight excluding hydrogens is 394 g/mol. The maximum Gasteiger partial charge on any atom is 0.124 e. The van der Waals surface area contributed by atoms with Crippen LogP contribution in [0.1, 0.15) is 22.8 Å². The number of hydrogen-bond donors (Lipinski definition) is 2. The topological polar surface area (TPSA) is 41.5 Å². The van der Waals surface area contributed by atoms with Gasteiger partial charge in [-0.3, -0.25) is 0 Å². The smallest absolute Gasteiger partial charge is 0.124 e. The van der Waals surface area contributed by atoms with E-state index in [1.165, 1.54) is 0 Å². The van der Waals surface area contributed by atoms with Crippen LogP contribution in [0, 0.1) is 0 Å². The van der Waals surface area contributed by atoms with Crippen LogP contribution in [-0.2, 0) is 13.2 Å². The molecule has 0 aliphatic heterocycles. The van der Waals surface area contributed by atoms with Gasteiger partial charge in [0.25, 0.3) is 0 Å². The van der Waals surface area contributed by atoms with Gasteiger partial charge in [-0.2, -0.15) is 0 Å². The van der Waals surface area contributed by atoms with E-state index < -0.39 is 6.10 Å². The number of benzene rings is 4. The van der Waals surface area contributed by atoms with Crippen LogP contribution < -0.4 is 10.1 Å². The van der Waals surface area contributed by atoms with E-state index in [9.17, 15) is 5.11 Å². The molecule has 4 rings (SSSR count). The molecule has 3 nitrogen and oxygen atoms in total. The van der Waals surface area contributed by atoms with E-state index in [-0.39, 0.29) is 0 Å². The second-order valence-electron chi connectivity index (χ2n) is 7.24. The van der Waals surface area contributed by atoms with Crippen LogP contribution in [0.5, 0.6) is 5.75 Å². The Balaban J connectivity index is 1.51. The zero-order valence-electron chi connectivity index (χ0n) is 16.6. The van der Waals surface area contributed by atoms with E-state index in [1.54, 1.807) is 0 Å². The Bertz CT molecular complexity index is 1110.